The number of carbonyl (C=O) groups is 1. The fourth-order valence-corrected chi connectivity index (χ4v) is 2.80. The third-order valence-electron chi connectivity index (χ3n) is 3.51. The van der Waals surface area contributed by atoms with E-state index in [4.69, 9.17) is 44.1 Å². The molecule has 0 bridgehead atoms. The van der Waals surface area contributed by atoms with E-state index in [2.05, 4.69) is 15.5 Å². The van der Waals surface area contributed by atoms with Crippen molar-refractivity contribution in [2.45, 2.75) is 13.5 Å². The van der Waals surface area contributed by atoms with Crippen LogP contribution in [0.1, 0.15) is 11.5 Å². The largest absolute Gasteiger partial charge is 0.482 e. The molecule has 1 aromatic heterocycles. The van der Waals surface area contributed by atoms with Crippen molar-refractivity contribution in [3.05, 3.63) is 62.9 Å². The van der Waals surface area contributed by atoms with Crippen LogP contribution in [0.4, 0.5) is 0 Å². The van der Waals surface area contributed by atoms with Crippen LogP contribution in [0, 0.1) is 6.92 Å². The number of hydrogen-bond donors (Lipinski definition) is 1. The second kappa shape index (κ2) is 8.61. The number of aryl methyl sites for hydroxylation is 1. The van der Waals surface area contributed by atoms with Crippen molar-refractivity contribution in [1.29, 1.82) is 0 Å². The molecule has 0 spiro atoms. The van der Waals surface area contributed by atoms with E-state index in [0.717, 1.165) is 11.1 Å². The molecule has 0 saturated heterocycles. The van der Waals surface area contributed by atoms with Gasteiger partial charge in [0.25, 0.3) is 5.91 Å². The van der Waals surface area contributed by atoms with Crippen LogP contribution in [0.15, 0.2) is 40.9 Å². The molecule has 0 atom stereocenters. The number of ether oxygens (including phenoxy) is 1. The van der Waals surface area contributed by atoms with Gasteiger partial charge in [-0.05, 0) is 19.1 Å². The molecule has 6 nitrogen and oxygen atoms in total. The Labute approximate surface area is 170 Å². The predicted molar refractivity (Wildman–Crippen MR) is 103 cm³/mol. The lowest BCUT2D eigenvalue weighted by molar-refractivity contribution is -0.123. The molecule has 0 aliphatic rings. The standard InChI is InChI=1S/C18H14Cl3N3O3/c1-10-3-2-4-11(5-10)18-23-17(27-24-18)8-22-16(25)9-26-15-7-13(20)12(19)6-14(15)21/h2-7H,8-9H2,1H3,(H,22,25). The molecule has 0 unspecified atom stereocenters. The molecular weight excluding hydrogens is 413 g/mol. The molecular formula is C18H14Cl3N3O3. The summed E-state index contributed by atoms with van der Waals surface area (Å²) in [6, 6.07) is 10.6. The molecule has 0 saturated carbocycles. The van der Waals surface area contributed by atoms with Gasteiger partial charge in [-0.15, -0.1) is 0 Å². The SMILES string of the molecule is Cc1cccc(-c2noc(CNC(=O)COc3cc(Cl)c(Cl)cc3Cl)n2)c1. The van der Waals surface area contributed by atoms with Crippen LogP contribution in [-0.4, -0.2) is 22.7 Å². The number of aromatic nitrogens is 2. The summed E-state index contributed by atoms with van der Waals surface area (Å²) in [5.74, 6) is 0.627. The zero-order valence-electron chi connectivity index (χ0n) is 14.1. The van der Waals surface area contributed by atoms with Crippen molar-refractivity contribution in [3.63, 3.8) is 0 Å². The lowest BCUT2D eigenvalue weighted by Gasteiger charge is -2.09. The summed E-state index contributed by atoms with van der Waals surface area (Å²) >= 11 is 17.7. The van der Waals surface area contributed by atoms with E-state index >= 15 is 0 Å². The molecule has 0 aliphatic carbocycles. The Morgan fingerprint density at radius 2 is 1.93 bits per heavy atom. The van der Waals surface area contributed by atoms with Gasteiger partial charge in [0.1, 0.15) is 5.75 Å². The fraction of sp³-hybridized carbons (Fsp3) is 0.167. The van der Waals surface area contributed by atoms with E-state index in [9.17, 15) is 4.79 Å². The normalized spacial score (nSPS) is 10.7. The Kier molecular flexibility index (Phi) is 6.21. The van der Waals surface area contributed by atoms with E-state index in [-0.39, 0.29) is 40.7 Å². The highest BCUT2D eigenvalue weighted by Gasteiger charge is 2.12. The number of amides is 1. The lowest BCUT2D eigenvalue weighted by Crippen LogP contribution is -2.28. The molecule has 27 heavy (non-hydrogen) atoms. The van der Waals surface area contributed by atoms with Crippen LogP contribution in [-0.2, 0) is 11.3 Å². The molecule has 2 aromatic carbocycles. The number of benzene rings is 2. The minimum Gasteiger partial charge on any atom is -0.482 e. The summed E-state index contributed by atoms with van der Waals surface area (Å²) in [6.07, 6.45) is 0. The summed E-state index contributed by atoms with van der Waals surface area (Å²) in [5, 5.41) is 7.39. The van der Waals surface area contributed by atoms with E-state index in [1.54, 1.807) is 0 Å². The second-order valence-corrected chi connectivity index (χ2v) is 6.86. The first kappa shape index (κ1) is 19.5. The molecule has 9 heteroatoms. The van der Waals surface area contributed by atoms with Gasteiger partial charge in [0, 0.05) is 11.6 Å². The smallest absolute Gasteiger partial charge is 0.258 e. The Hall–Kier alpha value is -2.28. The van der Waals surface area contributed by atoms with E-state index in [0.29, 0.717) is 10.8 Å². The number of hydrogen-bond acceptors (Lipinski definition) is 5. The molecule has 3 rings (SSSR count). The number of carbonyl (C=O) groups excluding carboxylic acids is 1. The average Bonchev–Trinajstić information content (AvgIpc) is 3.11. The van der Waals surface area contributed by atoms with Crippen molar-refractivity contribution in [3.8, 4) is 17.1 Å². The van der Waals surface area contributed by atoms with Crippen LogP contribution < -0.4 is 10.1 Å². The molecule has 0 radical (unpaired) electrons. The Balaban J connectivity index is 1.53. The summed E-state index contributed by atoms with van der Waals surface area (Å²) < 4.78 is 10.5. The molecule has 0 aliphatic heterocycles. The van der Waals surface area contributed by atoms with Crippen molar-refractivity contribution in [1.82, 2.24) is 15.5 Å². The van der Waals surface area contributed by atoms with Gasteiger partial charge in [-0.1, -0.05) is 63.7 Å². The highest BCUT2D eigenvalue weighted by molar-refractivity contribution is 6.43. The average molecular weight is 427 g/mol. The Morgan fingerprint density at radius 1 is 1.15 bits per heavy atom. The first-order valence-corrected chi connectivity index (χ1v) is 8.99. The zero-order valence-corrected chi connectivity index (χ0v) is 16.4. The number of nitrogens with one attached hydrogen (secondary N) is 1. The predicted octanol–water partition coefficient (Wildman–Crippen LogP) is 4.70. The van der Waals surface area contributed by atoms with Gasteiger partial charge in [-0.25, -0.2) is 0 Å². The minimum absolute atomic E-state index is 0.0795. The van der Waals surface area contributed by atoms with Gasteiger partial charge < -0.3 is 14.6 Å². The molecule has 0 fully saturated rings. The fourth-order valence-electron chi connectivity index (χ4n) is 2.21. The molecule has 1 N–H and O–H groups in total. The summed E-state index contributed by atoms with van der Waals surface area (Å²) in [7, 11) is 0. The van der Waals surface area contributed by atoms with E-state index < -0.39 is 0 Å². The summed E-state index contributed by atoms with van der Waals surface area (Å²) in [4.78, 5) is 16.2. The second-order valence-electron chi connectivity index (χ2n) is 5.64. The summed E-state index contributed by atoms with van der Waals surface area (Å²) in [5.41, 5.74) is 1.93. The van der Waals surface area contributed by atoms with Gasteiger partial charge in [0.15, 0.2) is 6.61 Å². The zero-order chi connectivity index (χ0) is 19.4. The van der Waals surface area contributed by atoms with Gasteiger partial charge >= 0.3 is 0 Å². The van der Waals surface area contributed by atoms with Gasteiger partial charge in [-0.3, -0.25) is 4.79 Å². The maximum absolute atomic E-state index is 11.9. The van der Waals surface area contributed by atoms with Crippen LogP contribution in [0.3, 0.4) is 0 Å². The van der Waals surface area contributed by atoms with Crippen LogP contribution in [0.2, 0.25) is 15.1 Å². The van der Waals surface area contributed by atoms with Crippen LogP contribution in [0.25, 0.3) is 11.4 Å². The quantitative estimate of drug-likeness (QED) is 0.578. The minimum atomic E-state index is -0.382. The highest BCUT2D eigenvalue weighted by Crippen LogP contribution is 2.33. The molecule has 3 aromatic rings. The first-order valence-electron chi connectivity index (χ1n) is 7.86. The Bertz CT molecular complexity index is 975. The van der Waals surface area contributed by atoms with E-state index in [1.165, 1.54) is 12.1 Å². The molecule has 1 heterocycles. The third-order valence-corrected chi connectivity index (χ3v) is 4.53. The summed E-state index contributed by atoms with van der Waals surface area (Å²) in [6.45, 7) is 1.80. The molecule has 140 valence electrons. The third kappa shape index (κ3) is 5.13. The number of rotatable bonds is 6. The maximum Gasteiger partial charge on any atom is 0.258 e. The van der Waals surface area contributed by atoms with Gasteiger partial charge in [-0.2, -0.15) is 4.98 Å². The first-order chi connectivity index (χ1) is 12.9. The topological polar surface area (TPSA) is 77.2 Å². The lowest BCUT2D eigenvalue weighted by atomic mass is 10.1. The van der Waals surface area contributed by atoms with Crippen molar-refractivity contribution < 1.29 is 14.1 Å². The van der Waals surface area contributed by atoms with Crippen LogP contribution >= 0.6 is 34.8 Å². The monoisotopic (exact) mass is 425 g/mol. The van der Waals surface area contributed by atoms with Crippen molar-refractivity contribution >= 4 is 40.7 Å². The number of halogens is 3. The Morgan fingerprint density at radius 3 is 2.70 bits per heavy atom. The van der Waals surface area contributed by atoms with E-state index in [1.807, 2.05) is 31.2 Å². The highest BCUT2D eigenvalue weighted by atomic mass is 35.5. The van der Waals surface area contributed by atoms with Gasteiger partial charge in [0.2, 0.25) is 11.7 Å². The van der Waals surface area contributed by atoms with Crippen LogP contribution in [0.5, 0.6) is 5.75 Å². The maximum atomic E-state index is 11.9. The van der Waals surface area contributed by atoms with Crippen molar-refractivity contribution in [2.75, 3.05) is 6.61 Å². The van der Waals surface area contributed by atoms with Gasteiger partial charge in [0.05, 0.1) is 21.6 Å². The number of nitrogens with zero attached hydrogens (tertiary/aromatic N) is 2. The molecule has 1 amide bonds. The van der Waals surface area contributed by atoms with Crippen molar-refractivity contribution in [2.24, 2.45) is 0 Å².